The van der Waals surface area contributed by atoms with Gasteiger partial charge in [0.25, 0.3) is 0 Å². The van der Waals surface area contributed by atoms with Crippen LogP contribution in [0.2, 0.25) is 0 Å². The lowest BCUT2D eigenvalue weighted by atomic mass is 9.71. The molecule has 3 N–H and O–H groups in total. The number of rotatable bonds is 2. The predicted octanol–water partition coefficient (Wildman–Crippen LogP) is 7.51. The second kappa shape index (κ2) is 11.4. The third kappa shape index (κ3) is 6.66. The number of anilines is 1. The van der Waals surface area contributed by atoms with Gasteiger partial charge in [0.05, 0.1) is 34.1 Å². The molecule has 42 heavy (non-hydrogen) atoms. The number of nitriles is 1. The molecule has 5 rings (SSSR count). The van der Waals surface area contributed by atoms with E-state index in [1.54, 1.807) is 12.1 Å². The third-order valence-corrected chi connectivity index (χ3v) is 8.20. The second-order valence-electron chi connectivity index (χ2n) is 13.6. The number of ketones is 1. The average Bonchev–Trinajstić information content (AvgIpc) is 3.26. The molecule has 0 atom stereocenters. The zero-order valence-electron chi connectivity index (χ0n) is 25.7. The molecule has 0 radical (unpaired) electrons. The number of aromatic nitrogens is 1. The minimum Gasteiger partial charge on any atom is -0.465 e. The van der Waals surface area contributed by atoms with Crippen molar-refractivity contribution in [2.24, 2.45) is 0 Å². The number of ether oxygens (including phenoxy) is 1. The molecule has 1 aromatic heterocycles. The molecule has 9 heteroatoms. The third-order valence-electron chi connectivity index (χ3n) is 7.56. The second-order valence-corrected chi connectivity index (χ2v) is 14.4. The van der Waals surface area contributed by atoms with E-state index in [1.807, 2.05) is 12.1 Å². The van der Waals surface area contributed by atoms with Gasteiger partial charge in [-0.1, -0.05) is 19.9 Å². The Labute approximate surface area is 256 Å². The van der Waals surface area contributed by atoms with Crippen molar-refractivity contribution in [2.45, 2.75) is 90.9 Å². The summed E-state index contributed by atoms with van der Waals surface area (Å²) < 4.78 is 6.48. The van der Waals surface area contributed by atoms with Crippen molar-refractivity contribution in [2.75, 3.05) is 18.0 Å². The van der Waals surface area contributed by atoms with E-state index >= 15 is 0 Å². The van der Waals surface area contributed by atoms with Gasteiger partial charge in [0.15, 0.2) is 5.78 Å². The molecule has 224 valence electrons. The van der Waals surface area contributed by atoms with Gasteiger partial charge in [-0.15, -0.1) is 0 Å². The molecular weight excluding hydrogens is 596 g/mol. The zero-order valence-corrected chi connectivity index (χ0v) is 27.3. The molecule has 1 amide bonds. The molecular formula is C33H41BrN4O4. The number of nitrogens with zero attached hydrogens (tertiary/aromatic N) is 2. The number of halogens is 1. The number of hydrogen-bond donors (Lipinski definition) is 3. The summed E-state index contributed by atoms with van der Waals surface area (Å²) in [6, 6.07) is 11.5. The van der Waals surface area contributed by atoms with Gasteiger partial charge in [-0.05, 0) is 100 Å². The highest BCUT2D eigenvalue weighted by molar-refractivity contribution is 9.10. The van der Waals surface area contributed by atoms with Gasteiger partial charge in [0.2, 0.25) is 0 Å². The van der Waals surface area contributed by atoms with E-state index in [0.29, 0.717) is 16.7 Å². The summed E-state index contributed by atoms with van der Waals surface area (Å²) >= 11 is 3.68. The van der Waals surface area contributed by atoms with E-state index in [4.69, 9.17) is 9.84 Å². The van der Waals surface area contributed by atoms with Crippen LogP contribution in [0.1, 0.15) is 101 Å². The number of carbonyl (C=O) groups excluding carboxylic acids is 1. The minimum atomic E-state index is -0.986. The summed E-state index contributed by atoms with van der Waals surface area (Å²) in [6.07, 6.45) is 0.469. The standard InChI is InChI=1S/C25H23BrN4O3.C8H18O/c1-25(2)17-11-20(30-7-5-14(6-8-30)28-24(32)33)18(26)10-16(17)22(31)21-15-4-3-13(12-27)9-19(15)29-23(21)25;1-7(2,3)9-8(4,5)6/h3-4,9-11,14,28-29H,5-8H2,1-2H3,(H,32,33);1-6H3. The highest BCUT2D eigenvalue weighted by Gasteiger charge is 2.40. The molecule has 2 heterocycles. The first-order chi connectivity index (χ1) is 19.4. The molecule has 1 saturated heterocycles. The summed E-state index contributed by atoms with van der Waals surface area (Å²) in [5.41, 5.74) is 5.05. The van der Waals surface area contributed by atoms with Crippen LogP contribution in [0.3, 0.4) is 0 Å². The molecule has 2 aromatic carbocycles. The van der Waals surface area contributed by atoms with E-state index in [0.717, 1.165) is 58.3 Å². The highest BCUT2D eigenvalue weighted by atomic mass is 79.9. The molecule has 1 fully saturated rings. The SMILES string of the molecule is CC(C)(C)OC(C)(C)C.CC1(C)c2cc(N3CCC(NC(=O)O)CC3)c(Br)cc2C(=O)c2c1[nH]c1cc(C#N)ccc21. The molecule has 3 aromatic rings. The van der Waals surface area contributed by atoms with E-state index < -0.39 is 11.5 Å². The number of hydrogen-bond acceptors (Lipinski definition) is 5. The number of benzene rings is 2. The Morgan fingerprint density at radius 2 is 1.74 bits per heavy atom. The van der Waals surface area contributed by atoms with E-state index in [2.05, 4.69) is 98.7 Å². The van der Waals surface area contributed by atoms with E-state index in [9.17, 15) is 14.9 Å². The maximum Gasteiger partial charge on any atom is 0.404 e. The summed E-state index contributed by atoms with van der Waals surface area (Å²) in [5, 5.41) is 21.7. The summed E-state index contributed by atoms with van der Waals surface area (Å²) in [7, 11) is 0. The van der Waals surface area contributed by atoms with Crippen molar-refractivity contribution in [3.8, 4) is 6.07 Å². The van der Waals surface area contributed by atoms with Gasteiger partial charge < -0.3 is 25.0 Å². The smallest absolute Gasteiger partial charge is 0.404 e. The average molecular weight is 638 g/mol. The summed E-state index contributed by atoms with van der Waals surface area (Å²) in [6.45, 7) is 18.1. The van der Waals surface area contributed by atoms with Gasteiger partial charge in [-0.25, -0.2) is 4.79 Å². The Hall–Kier alpha value is -3.35. The molecule has 1 aliphatic carbocycles. The first-order valence-electron chi connectivity index (χ1n) is 14.3. The molecule has 0 unspecified atom stereocenters. The molecule has 0 spiro atoms. The minimum absolute atomic E-state index is 0.0156. The Morgan fingerprint density at radius 3 is 2.26 bits per heavy atom. The summed E-state index contributed by atoms with van der Waals surface area (Å²) in [5.74, 6) is -0.0214. The maximum absolute atomic E-state index is 13.6. The van der Waals surface area contributed by atoms with E-state index in [1.165, 1.54) is 0 Å². The topological polar surface area (TPSA) is 118 Å². The van der Waals surface area contributed by atoms with Crippen molar-refractivity contribution >= 4 is 44.4 Å². The van der Waals surface area contributed by atoms with Crippen molar-refractivity contribution in [3.63, 3.8) is 0 Å². The van der Waals surface area contributed by atoms with Crippen LogP contribution in [-0.4, -0.2) is 52.3 Å². The number of nitrogens with one attached hydrogen (secondary N) is 2. The van der Waals surface area contributed by atoms with Gasteiger partial charge in [-0.2, -0.15) is 5.26 Å². The number of fused-ring (bicyclic) bond motifs is 4. The van der Waals surface area contributed by atoms with Crippen LogP contribution in [0.25, 0.3) is 10.9 Å². The Balaban J connectivity index is 0.000000392. The highest BCUT2D eigenvalue weighted by Crippen LogP contribution is 2.46. The van der Waals surface area contributed by atoms with Crippen LogP contribution >= 0.6 is 15.9 Å². The normalized spacial score (nSPS) is 16.7. The summed E-state index contributed by atoms with van der Waals surface area (Å²) in [4.78, 5) is 30.3. The molecule has 0 bridgehead atoms. The van der Waals surface area contributed by atoms with Gasteiger partial charge >= 0.3 is 6.09 Å². The largest absolute Gasteiger partial charge is 0.465 e. The van der Waals surface area contributed by atoms with Crippen LogP contribution in [0.15, 0.2) is 34.8 Å². The van der Waals surface area contributed by atoms with Crippen LogP contribution < -0.4 is 10.2 Å². The van der Waals surface area contributed by atoms with Crippen LogP contribution in [0.4, 0.5) is 10.5 Å². The lowest BCUT2D eigenvalue weighted by Gasteiger charge is -2.37. The molecule has 8 nitrogen and oxygen atoms in total. The van der Waals surface area contributed by atoms with Gasteiger partial charge in [0.1, 0.15) is 0 Å². The van der Waals surface area contributed by atoms with Crippen molar-refractivity contribution in [3.05, 3.63) is 62.8 Å². The van der Waals surface area contributed by atoms with Gasteiger partial charge in [0, 0.05) is 51.2 Å². The fourth-order valence-electron chi connectivity index (χ4n) is 6.11. The van der Waals surface area contributed by atoms with E-state index in [-0.39, 0.29) is 23.0 Å². The maximum atomic E-state index is 13.6. The number of H-pyrrole nitrogens is 1. The first-order valence-corrected chi connectivity index (χ1v) is 15.1. The fourth-order valence-corrected chi connectivity index (χ4v) is 6.70. The lowest BCUT2D eigenvalue weighted by molar-refractivity contribution is -0.102. The Bertz CT molecular complexity index is 1550. The van der Waals surface area contributed by atoms with Crippen molar-refractivity contribution in [1.29, 1.82) is 5.26 Å². The number of amides is 1. The Kier molecular flexibility index (Phi) is 8.56. The van der Waals surface area contributed by atoms with Gasteiger partial charge in [-0.3, -0.25) is 4.79 Å². The lowest BCUT2D eigenvalue weighted by Crippen LogP contribution is -2.44. The van der Waals surface area contributed by atoms with Crippen molar-refractivity contribution < 1.29 is 19.4 Å². The molecule has 1 aliphatic heterocycles. The first kappa shape index (κ1) is 31.6. The quantitative estimate of drug-likeness (QED) is 0.268. The van der Waals surface area contributed by atoms with Crippen LogP contribution in [0, 0.1) is 11.3 Å². The number of aromatic amines is 1. The fraction of sp³-hybridized carbons (Fsp3) is 0.485. The van der Waals surface area contributed by atoms with Crippen LogP contribution in [-0.2, 0) is 10.2 Å². The molecule has 2 aliphatic rings. The number of piperidine rings is 1. The number of carbonyl (C=O) groups is 2. The monoisotopic (exact) mass is 636 g/mol. The molecule has 0 saturated carbocycles. The zero-order chi connectivity index (χ0) is 31.2. The Morgan fingerprint density at radius 1 is 1.12 bits per heavy atom. The number of carboxylic acid groups (broad SMARTS) is 1. The van der Waals surface area contributed by atoms with Crippen LogP contribution in [0.5, 0.6) is 0 Å². The predicted molar refractivity (Wildman–Crippen MR) is 170 cm³/mol. The van der Waals surface area contributed by atoms with Crippen molar-refractivity contribution in [1.82, 2.24) is 10.3 Å².